The van der Waals surface area contributed by atoms with E-state index in [0.717, 1.165) is 22.0 Å². The first kappa shape index (κ1) is 47.1. The molecule has 1 aliphatic heterocycles. The fraction of sp³-hybridized carbons (Fsp3) is 0.512. The van der Waals surface area contributed by atoms with E-state index < -0.39 is 77.8 Å². The number of aromatic amines is 1. The van der Waals surface area contributed by atoms with Gasteiger partial charge in [0.2, 0.25) is 35.4 Å². The van der Waals surface area contributed by atoms with Gasteiger partial charge in [-0.1, -0.05) is 84.0 Å². The van der Waals surface area contributed by atoms with Crippen LogP contribution in [0, 0.1) is 5.92 Å². The third-order valence-electron chi connectivity index (χ3n) is 10.0. The summed E-state index contributed by atoms with van der Waals surface area (Å²) in [6, 6.07) is 9.84. The first-order valence-electron chi connectivity index (χ1n) is 19.9. The van der Waals surface area contributed by atoms with Crippen molar-refractivity contribution in [1.29, 1.82) is 0 Å². The lowest BCUT2D eigenvalue weighted by atomic mass is 10.0. The molecular weight excluding hydrogens is 797 g/mol. The Morgan fingerprint density at radius 2 is 1.47 bits per heavy atom. The number of carbonyl (C=O) groups excluding carboxylic acids is 6. The van der Waals surface area contributed by atoms with Gasteiger partial charge in [0.1, 0.15) is 30.2 Å². The van der Waals surface area contributed by atoms with E-state index in [-0.39, 0.29) is 49.7 Å². The Bertz CT molecular complexity index is 1860. The van der Waals surface area contributed by atoms with Crippen molar-refractivity contribution in [2.75, 3.05) is 24.7 Å². The molecule has 7 atom stereocenters. The standard InChI is InChI=1S/C41H58N8O8S2/c1-24(2)33(22-50)47-40(56)34-23-59-58-18-16-35(52)44-31(19-26-11-5-4-6-12-26)38(54)46-32(20-27-21-43-29-14-8-7-13-28(27)29)39(55)45-30(15-9-10-17-42)37(53)49-36(25(3)51)41(57)48-34/h4-8,11-14,21,24-25,30-34,36,43,50-51H,9-10,15-20,22-23,42H2,1-3H3,(H,44,52)(H,45,55)(H,46,54)(H,47,56)(H,48,57)(H,49,53)/t25-,30+,31+,32-,33-,34+,36?/m1/s1. The molecule has 11 N–H and O–H groups in total. The summed E-state index contributed by atoms with van der Waals surface area (Å²) in [6.45, 7) is 4.95. The molecule has 0 spiro atoms. The van der Waals surface area contributed by atoms with Gasteiger partial charge in [-0.2, -0.15) is 0 Å². The molecule has 0 radical (unpaired) electrons. The molecule has 322 valence electrons. The Morgan fingerprint density at radius 3 is 2.15 bits per heavy atom. The number of aromatic nitrogens is 1. The number of hydrogen-bond acceptors (Lipinski definition) is 11. The number of H-pyrrole nitrogens is 1. The van der Waals surface area contributed by atoms with Gasteiger partial charge in [0.05, 0.1) is 18.8 Å². The zero-order chi connectivity index (χ0) is 42.9. The van der Waals surface area contributed by atoms with E-state index in [9.17, 15) is 39.0 Å². The molecule has 1 aliphatic rings. The zero-order valence-electron chi connectivity index (χ0n) is 33.7. The summed E-state index contributed by atoms with van der Waals surface area (Å²) in [5.74, 6) is -3.73. The van der Waals surface area contributed by atoms with Gasteiger partial charge >= 0.3 is 0 Å². The van der Waals surface area contributed by atoms with Crippen molar-refractivity contribution in [2.24, 2.45) is 11.7 Å². The Morgan fingerprint density at radius 1 is 0.814 bits per heavy atom. The van der Waals surface area contributed by atoms with Crippen LogP contribution in [0.3, 0.4) is 0 Å². The molecule has 1 aromatic heterocycles. The normalized spacial score (nSPS) is 23.0. The number of nitrogens with two attached hydrogens (primary N) is 1. The Kier molecular flexibility index (Phi) is 19.0. The molecular formula is C41H58N8O8S2. The van der Waals surface area contributed by atoms with Crippen LogP contribution in [0.15, 0.2) is 60.8 Å². The Hall–Kier alpha value is -4.62. The van der Waals surface area contributed by atoms with Gasteiger partial charge in [0.25, 0.3) is 0 Å². The molecule has 16 nitrogen and oxygen atoms in total. The third kappa shape index (κ3) is 14.6. The lowest BCUT2D eigenvalue weighted by molar-refractivity contribution is -0.136. The van der Waals surface area contributed by atoms with Gasteiger partial charge in [-0.15, -0.1) is 0 Å². The molecule has 1 saturated heterocycles. The Balaban J connectivity index is 1.71. The van der Waals surface area contributed by atoms with Crippen LogP contribution < -0.4 is 37.6 Å². The number of fused-ring (bicyclic) bond motifs is 1. The van der Waals surface area contributed by atoms with Crippen molar-refractivity contribution >= 4 is 67.9 Å². The molecule has 6 amide bonds. The van der Waals surface area contributed by atoms with Crippen LogP contribution in [0.5, 0.6) is 0 Å². The molecule has 3 aromatic rings. The number of hydrogen-bond donors (Lipinski definition) is 10. The summed E-state index contributed by atoms with van der Waals surface area (Å²) in [7, 11) is 2.50. The van der Waals surface area contributed by atoms with E-state index in [4.69, 9.17) is 5.73 Å². The highest BCUT2D eigenvalue weighted by molar-refractivity contribution is 8.76. The maximum absolute atomic E-state index is 14.4. The van der Waals surface area contributed by atoms with Crippen LogP contribution >= 0.6 is 21.6 Å². The smallest absolute Gasteiger partial charge is 0.245 e. The van der Waals surface area contributed by atoms with Crippen LogP contribution in [-0.2, 0) is 41.6 Å². The number of para-hydroxylation sites is 1. The summed E-state index contributed by atoms with van der Waals surface area (Å²) in [4.78, 5) is 86.4. The fourth-order valence-corrected chi connectivity index (χ4v) is 8.63. The van der Waals surface area contributed by atoms with Crippen molar-refractivity contribution in [3.8, 4) is 0 Å². The molecule has 59 heavy (non-hydrogen) atoms. The molecule has 4 rings (SSSR count). The van der Waals surface area contributed by atoms with Gasteiger partial charge in [0, 0.05) is 47.9 Å². The van der Waals surface area contributed by atoms with Gasteiger partial charge in [-0.25, -0.2) is 0 Å². The lowest BCUT2D eigenvalue weighted by Gasteiger charge is -2.29. The summed E-state index contributed by atoms with van der Waals surface area (Å²) >= 11 is 0. The number of aliphatic hydroxyl groups excluding tert-OH is 2. The predicted octanol–water partition coefficient (Wildman–Crippen LogP) is 0.805. The second kappa shape index (κ2) is 23.8. The summed E-state index contributed by atoms with van der Waals surface area (Å²) in [5, 5.41) is 37.9. The molecule has 2 heterocycles. The van der Waals surface area contributed by atoms with Crippen LogP contribution in [0.1, 0.15) is 57.6 Å². The van der Waals surface area contributed by atoms with E-state index in [0.29, 0.717) is 19.4 Å². The average Bonchev–Trinajstić information content (AvgIpc) is 3.62. The topological polar surface area (TPSA) is 257 Å². The molecule has 18 heteroatoms. The minimum absolute atomic E-state index is 0.0132. The molecule has 2 aromatic carbocycles. The second-order valence-electron chi connectivity index (χ2n) is 15.0. The maximum atomic E-state index is 14.4. The monoisotopic (exact) mass is 854 g/mol. The third-order valence-corrected chi connectivity index (χ3v) is 12.4. The molecule has 0 aliphatic carbocycles. The summed E-state index contributed by atoms with van der Waals surface area (Å²) < 4.78 is 0. The minimum Gasteiger partial charge on any atom is -0.394 e. The maximum Gasteiger partial charge on any atom is 0.245 e. The zero-order valence-corrected chi connectivity index (χ0v) is 35.3. The number of carbonyl (C=O) groups is 6. The quantitative estimate of drug-likeness (QED) is 0.0851. The van der Waals surface area contributed by atoms with Gasteiger partial charge in [0.15, 0.2) is 0 Å². The number of nitrogens with one attached hydrogen (secondary N) is 7. The summed E-state index contributed by atoms with van der Waals surface area (Å²) in [6.07, 6.45) is 1.55. The molecule has 0 bridgehead atoms. The van der Waals surface area contributed by atoms with Gasteiger partial charge < -0.3 is 52.8 Å². The molecule has 0 saturated carbocycles. The van der Waals surface area contributed by atoms with Crippen LogP contribution in [-0.4, -0.2) is 118 Å². The first-order valence-corrected chi connectivity index (χ1v) is 22.4. The number of rotatable bonds is 13. The van der Waals surface area contributed by atoms with E-state index in [1.807, 2.05) is 68.4 Å². The highest BCUT2D eigenvalue weighted by Crippen LogP contribution is 2.24. The number of aliphatic hydroxyl groups is 2. The fourth-order valence-electron chi connectivity index (χ4n) is 6.48. The lowest BCUT2D eigenvalue weighted by Crippen LogP contribution is -2.62. The van der Waals surface area contributed by atoms with Gasteiger partial charge in [-0.05, 0) is 55.8 Å². The van der Waals surface area contributed by atoms with Crippen molar-refractivity contribution in [2.45, 2.75) is 102 Å². The highest BCUT2D eigenvalue weighted by Gasteiger charge is 2.35. The molecule has 1 unspecified atom stereocenters. The van der Waals surface area contributed by atoms with Crippen molar-refractivity contribution in [3.63, 3.8) is 0 Å². The first-order chi connectivity index (χ1) is 28.3. The largest absolute Gasteiger partial charge is 0.394 e. The van der Waals surface area contributed by atoms with E-state index in [1.165, 1.54) is 28.5 Å². The van der Waals surface area contributed by atoms with Crippen molar-refractivity contribution in [3.05, 3.63) is 71.9 Å². The van der Waals surface area contributed by atoms with Crippen LogP contribution in [0.4, 0.5) is 0 Å². The van der Waals surface area contributed by atoms with Crippen molar-refractivity contribution in [1.82, 2.24) is 36.9 Å². The number of amides is 6. The SMILES string of the molecule is CC(C)[C@@H](CO)NC(=O)[C@@H]1CSSCCC(=O)N[C@@H](Cc2ccccc2)C(=O)N[C@H](Cc2c[nH]c3ccccc23)C(=O)N[C@@H](CCCCN)C(=O)NC([C@@H](C)O)C(=O)N1. The average molecular weight is 855 g/mol. The number of benzene rings is 2. The summed E-state index contributed by atoms with van der Waals surface area (Å²) in [5.41, 5.74) is 8.08. The van der Waals surface area contributed by atoms with E-state index >= 15 is 0 Å². The highest BCUT2D eigenvalue weighted by atomic mass is 33.1. The van der Waals surface area contributed by atoms with E-state index in [1.54, 1.807) is 6.20 Å². The predicted molar refractivity (Wildman–Crippen MR) is 230 cm³/mol. The van der Waals surface area contributed by atoms with Gasteiger partial charge in [-0.3, -0.25) is 28.8 Å². The van der Waals surface area contributed by atoms with Crippen LogP contribution in [0.2, 0.25) is 0 Å². The van der Waals surface area contributed by atoms with E-state index in [2.05, 4.69) is 36.9 Å². The minimum atomic E-state index is -1.53. The van der Waals surface area contributed by atoms with Crippen LogP contribution in [0.25, 0.3) is 10.9 Å². The van der Waals surface area contributed by atoms with Crippen molar-refractivity contribution < 1.29 is 39.0 Å². The molecule has 1 fully saturated rings. The Labute approximate surface area is 352 Å². The number of unbranched alkanes of at least 4 members (excludes halogenated alkanes) is 1. The second-order valence-corrected chi connectivity index (χ2v) is 17.6.